The molecule has 0 fully saturated rings. The fourth-order valence-corrected chi connectivity index (χ4v) is 2.44. The Bertz CT molecular complexity index is 355. The quantitative estimate of drug-likeness (QED) is 0.638. The molecule has 1 rings (SSSR count). The lowest BCUT2D eigenvalue weighted by molar-refractivity contribution is 0.526. The van der Waals surface area contributed by atoms with Gasteiger partial charge in [0, 0.05) is 0 Å². The maximum absolute atomic E-state index is 3.51. The molecule has 0 radical (unpaired) electrons. The molecule has 1 N–H and O–H groups in total. The molecular formula is C18H31N. The molecule has 0 saturated heterocycles. The van der Waals surface area contributed by atoms with Gasteiger partial charge in [-0.25, -0.2) is 0 Å². The number of rotatable bonds is 9. The predicted molar refractivity (Wildman–Crippen MR) is 85.8 cm³/mol. The molecule has 1 aromatic rings. The van der Waals surface area contributed by atoms with Gasteiger partial charge >= 0.3 is 0 Å². The second-order valence-electron chi connectivity index (χ2n) is 6.19. The third-order valence-corrected chi connectivity index (χ3v) is 3.60. The van der Waals surface area contributed by atoms with E-state index in [-0.39, 0.29) is 0 Å². The van der Waals surface area contributed by atoms with E-state index in [1.807, 2.05) is 0 Å². The molecule has 0 heterocycles. The van der Waals surface area contributed by atoms with E-state index in [9.17, 15) is 0 Å². The van der Waals surface area contributed by atoms with E-state index >= 15 is 0 Å². The van der Waals surface area contributed by atoms with E-state index in [2.05, 4.69) is 51.2 Å². The molecule has 108 valence electrons. The zero-order valence-electron chi connectivity index (χ0n) is 13.3. The van der Waals surface area contributed by atoms with Crippen LogP contribution in [0.4, 0.5) is 0 Å². The molecule has 0 bridgehead atoms. The molecule has 1 aromatic carbocycles. The summed E-state index contributed by atoms with van der Waals surface area (Å²) in [4.78, 5) is 0. The zero-order valence-corrected chi connectivity index (χ0v) is 13.3. The average molecular weight is 261 g/mol. The Labute approximate surface area is 119 Å². The second-order valence-corrected chi connectivity index (χ2v) is 6.19. The van der Waals surface area contributed by atoms with Gasteiger partial charge in [-0.1, -0.05) is 50.5 Å². The molecule has 0 aliphatic heterocycles. The summed E-state index contributed by atoms with van der Waals surface area (Å²) in [5.41, 5.74) is 4.36. The number of hydrogen-bond acceptors (Lipinski definition) is 1. The molecule has 0 unspecified atom stereocenters. The second kappa shape index (κ2) is 9.14. The first-order chi connectivity index (χ1) is 9.09. The lowest BCUT2D eigenvalue weighted by atomic mass is 10.00. The Hall–Kier alpha value is -0.820. The summed E-state index contributed by atoms with van der Waals surface area (Å²) in [6.45, 7) is 11.3. The van der Waals surface area contributed by atoms with Crippen molar-refractivity contribution in [2.45, 2.75) is 59.8 Å². The number of aryl methyl sites for hydroxylation is 3. The summed E-state index contributed by atoms with van der Waals surface area (Å²) in [5, 5.41) is 3.51. The van der Waals surface area contributed by atoms with Crippen molar-refractivity contribution in [1.82, 2.24) is 5.32 Å². The van der Waals surface area contributed by atoms with Crippen molar-refractivity contribution < 1.29 is 0 Å². The minimum atomic E-state index is 0.768. The van der Waals surface area contributed by atoms with Gasteiger partial charge in [0.25, 0.3) is 0 Å². The highest BCUT2D eigenvalue weighted by Gasteiger charge is 1.99. The Morgan fingerprint density at radius 1 is 1.00 bits per heavy atom. The van der Waals surface area contributed by atoms with Gasteiger partial charge in [-0.05, 0) is 63.2 Å². The van der Waals surface area contributed by atoms with Crippen LogP contribution < -0.4 is 5.32 Å². The molecule has 0 spiro atoms. The van der Waals surface area contributed by atoms with Crippen molar-refractivity contribution in [3.05, 3.63) is 34.9 Å². The zero-order chi connectivity index (χ0) is 14.1. The normalized spacial score (nSPS) is 11.2. The third-order valence-electron chi connectivity index (χ3n) is 3.60. The van der Waals surface area contributed by atoms with Crippen molar-refractivity contribution in [2.24, 2.45) is 5.92 Å². The summed E-state index contributed by atoms with van der Waals surface area (Å²) in [6.07, 6.45) is 6.60. The highest BCUT2D eigenvalue weighted by atomic mass is 14.8. The fraction of sp³-hybridized carbons (Fsp3) is 0.667. The van der Waals surface area contributed by atoms with Crippen molar-refractivity contribution >= 4 is 0 Å². The van der Waals surface area contributed by atoms with Gasteiger partial charge < -0.3 is 5.32 Å². The Balaban J connectivity index is 2.04. The van der Waals surface area contributed by atoms with Crippen LogP contribution in [0.2, 0.25) is 0 Å². The molecular weight excluding hydrogens is 230 g/mol. The van der Waals surface area contributed by atoms with Gasteiger partial charge in [-0.2, -0.15) is 0 Å². The van der Waals surface area contributed by atoms with E-state index in [1.54, 1.807) is 0 Å². The lowest BCUT2D eigenvalue weighted by Gasteiger charge is -2.08. The highest BCUT2D eigenvalue weighted by molar-refractivity contribution is 5.30. The molecule has 19 heavy (non-hydrogen) atoms. The largest absolute Gasteiger partial charge is 0.316 e. The number of nitrogens with one attached hydrogen (secondary N) is 1. The molecule has 0 aliphatic carbocycles. The first kappa shape index (κ1) is 16.2. The summed E-state index contributed by atoms with van der Waals surface area (Å²) in [5.74, 6) is 0.768. The van der Waals surface area contributed by atoms with Gasteiger partial charge in [-0.15, -0.1) is 0 Å². The number of unbranched alkanes of at least 4 members (excludes halogenated alkanes) is 3. The van der Waals surface area contributed by atoms with Gasteiger partial charge in [0.1, 0.15) is 0 Å². The van der Waals surface area contributed by atoms with Gasteiger partial charge in [0.15, 0.2) is 0 Å². The summed E-state index contributed by atoms with van der Waals surface area (Å²) < 4.78 is 0. The van der Waals surface area contributed by atoms with E-state index in [0.717, 1.165) is 12.5 Å². The number of benzene rings is 1. The minimum Gasteiger partial charge on any atom is -0.316 e. The van der Waals surface area contributed by atoms with Crippen molar-refractivity contribution in [2.75, 3.05) is 13.1 Å². The summed E-state index contributed by atoms with van der Waals surface area (Å²) >= 11 is 0. The lowest BCUT2D eigenvalue weighted by Crippen LogP contribution is -2.20. The molecule has 1 nitrogen and oxygen atoms in total. The molecule has 0 saturated carbocycles. The van der Waals surface area contributed by atoms with E-state index in [1.165, 1.54) is 55.3 Å². The molecule has 1 heteroatoms. The van der Waals surface area contributed by atoms with Gasteiger partial charge in [0.2, 0.25) is 0 Å². The molecule has 0 amide bonds. The maximum atomic E-state index is 3.51. The maximum Gasteiger partial charge on any atom is -0.00258 e. The van der Waals surface area contributed by atoms with E-state index < -0.39 is 0 Å². The number of hydrogen-bond donors (Lipinski definition) is 1. The van der Waals surface area contributed by atoms with Crippen molar-refractivity contribution in [3.8, 4) is 0 Å². The predicted octanol–water partition coefficient (Wildman–Crippen LogP) is 4.65. The Morgan fingerprint density at radius 2 is 1.74 bits per heavy atom. The summed E-state index contributed by atoms with van der Waals surface area (Å²) in [6, 6.07) is 6.83. The SMILES string of the molecule is Cc1ccc(CCCCCCNCC(C)C)c(C)c1. The van der Waals surface area contributed by atoms with E-state index in [4.69, 9.17) is 0 Å². The van der Waals surface area contributed by atoms with Crippen LogP contribution in [-0.2, 0) is 6.42 Å². The third kappa shape index (κ3) is 7.37. The highest BCUT2D eigenvalue weighted by Crippen LogP contribution is 2.14. The van der Waals surface area contributed by atoms with Crippen LogP contribution in [0.1, 0.15) is 56.2 Å². The first-order valence-electron chi connectivity index (χ1n) is 7.86. The molecule has 0 aromatic heterocycles. The smallest absolute Gasteiger partial charge is 0.00258 e. The summed E-state index contributed by atoms with van der Waals surface area (Å²) in [7, 11) is 0. The Kier molecular flexibility index (Phi) is 7.81. The fourth-order valence-electron chi connectivity index (χ4n) is 2.44. The monoisotopic (exact) mass is 261 g/mol. The van der Waals surface area contributed by atoms with Gasteiger partial charge in [0.05, 0.1) is 0 Å². The Morgan fingerprint density at radius 3 is 2.42 bits per heavy atom. The van der Waals surface area contributed by atoms with Crippen LogP contribution in [0.15, 0.2) is 18.2 Å². The van der Waals surface area contributed by atoms with Crippen LogP contribution in [-0.4, -0.2) is 13.1 Å². The van der Waals surface area contributed by atoms with E-state index in [0.29, 0.717) is 0 Å². The first-order valence-corrected chi connectivity index (χ1v) is 7.86. The standard InChI is InChI=1S/C18H31N/c1-15(2)14-19-12-8-6-5-7-9-18-11-10-16(3)13-17(18)4/h10-11,13,15,19H,5-9,12,14H2,1-4H3. The minimum absolute atomic E-state index is 0.768. The average Bonchev–Trinajstić information content (AvgIpc) is 2.34. The van der Waals surface area contributed by atoms with Crippen molar-refractivity contribution in [1.29, 1.82) is 0 Å². The topological polar surface area (TPSA) is 12.0 Å². The van der Waals surface area contributed by atoms with Gasteiger partial charge in [-0.3, -0.25) is 0 Å². The van der Waals surface area contributed by atoms with Crippen molar-refractivity contribution in [3.63, 3.8) is 0 Å². The van der Waals surface area contributed by atoms with Crippen LogP contribution in [0, 0.1) is 19.8 Å². The van der Waals surface area contributed by atoms with Crippen LogP contribution >= 0.6 is 0 Å². The van der Waals surface area contributed by atoms with Crippen LogP contribution in [0.5, 0.6) is 0 Å². The molecule has 0 aliphatic rings. The van der Waals surface area contributed by atoms with Crippen LogP contribution in [0.25, 0.3) is 0 Å². The van der Waals surface area contributed by atoms with Crippen LogP contribution in [0.3, 0.4) is 0 Å². The molecule has 0 atom stereocenters.